The molecular weight excluding hydrogens is 428 g/mol. The van der Waals surface area contributed by atoms with E-state index in [2.05, 4.69) is 22.1 Å². The van der Waals surface area contributed by atoms with Crippen LogP contribution in [-0.2, 0) is 6.42 Å². The summed E-state index contributed by atoms with van der Waals surface area (Å²) in [5, 5.41) is 20.5. The molecule has 0 amide bonds. The Balaban J connectivity index is 1.58. The molecule has 0 fully saturated rings. The molecular formula is C27H26N4O3. The van der Waals surface area contributed by atoms with Crippen molar-refractivity contribution in [3.63, 3.8) is 0 Å². The minimum absolute atomic E-state index is 0.127. The SMILES string of the molecule is COc1cc(OC)cc(N2C(=N)C(c3nc4ccccc4[nH]3)=C(O)C2CCc2ccccc2)c1. The van der Waals surface area contributed by atoms with Crippen molar-refractivity contribution < 1.29 is 14.6 Å². The maximum atomic E-state index is 11.4. The minimum atomic E-state index is -0.437. The van der Waals surface area contributed by atoms with Crippen LogP contribution in [0.3, 0.4) is 0 Å². The van der Waals surface area contributed by atoms with Crippen LogP contribution in [0.4, 0.5) is 5.69 Å². The number of imidazole rings is 1. The van der Waals surface area contributed by atoms with E-state index in [1.165, 1.54) is 5.56 Å². The lowest BCUT2D eigenvalue weighted by Gasteiger charge is -2.28. The maximum absolute atomic E-state index is 11.4. The number of methoxy groups -OCH3 is 2. The molecule has 1 atom stereocenters. The molecule has 0 radical (unpaired) electrons. The summed E-state index contributed by atoms with van der Waals surface area (Å²) in [6, 6.07) is 22.9. The van der Waals surface area contributed by atoms with E-state index >= 15 is 0 Å². The number of aliphatic hydroxyl groups is 1. The molecule has 7 heteroatoms. The van der Waals surface area contributed by atoms with Crippen molar-refractivity contribution in [3.05, 3.63) is 89.9 Å². The van der Waals surface area contributed by atoms with E-state index in [1.54, 1.807) is 20.3 Å². The number of para-hydroxylation sites is 2. The summed E-state index contributed by atoms with van der Waals surface area (Å²) in [7, 11) is 3.19. The number of aromatic nitrogens is 2. The number of anilines is 1. The molecule has 0 bridgehead atoms. The van der Waals surface area contributed by atoms with Crippen LogP contribution in [0.15, 0.2) is 78.6 Å². The van der Waals surface area contributed by atoms with Crippen molar-refractivity contribution in [2.24, 2.45) is 0 Å². The summed E-state index contributed by atoms with van der Waals surface area (Å²) in [5.41, 5.74) is 3.91. The number of aromatic amines is 1. The number of nitrogens with zero attached hydrogens (tertiary/aromatic N) is 2. The number of amidine groups is 1. The molecule has 3 N–H and O–H groups in total. The summed E-state index contributed by atoms with van der Waals surface area (Å²) in [5.74, 6) is 2.00. The number of H-pyrrole nitrogens is 1. The fourth-order valence-corrected chi connectivity index (χ4v) is 4.45. The van der Waals surface area contributed by atoms with Crippen LogP contribution in [0.2, 0.25) is 0 Å². The van der Waals surface area contributed by atoms with Crippen molar-refractivity contribution in [2.75, 3.05) is 19.1 Å². The van der Waals surface area contributed by atoms with Gasteiger partial charge in [0, 0.05) is 18.2 Å². The monoisotopic (exact) mass is 454 g/mol. The molecule has 34 heavy (non-hydrogen) atoms. The normalized spacial score (nSPS) is 15.9. The van der Waals surface area contributed by atoms with Gasteiger partial charge in [0.25, 0.3) is 0 Å². The highest BCUT2D eigenvalue weighted by Gasteiger charge is 2.40. The predicted octanol–water partition coefficient (Wildman–Crippen LogP) is 5.35. The van der Waals surface area contributed by atoms with Gasteiger partial charge in [-0.25, -0.2) is 4.98 Å². The van der Waals surface area contributed by atoms with E-state index < -0.39 is 6.04 Å². The zero-order chi connectivity index (χ0) is 23.7. The number of rotatable bonds is 7. The zero-order valence-corrected chi connectivity index (χ0v) is 19.1. The number of hydrogen-bond acceptors (Lipinski definition) is 5. The average Bonchev–Trinajstić information content (AvgIpc) is 3.40. The van der Waals surface area contributed by atoms with Crippen LogP contribution in [0.25, 0.3) is 16.6 Å². The zero-order valence-electron chi connectivity index (χ0n) is 19.1. The van der Waals surface area contributed by atoms with Crippen molar-refractivity contribution in [2.45, 2.75) is 18.9 Å². The van der Waals surface area contributed by atoms with E-state index in [0.29, 0.717) is 35.0 Å². The lowest BCUT2D eigenvalue weighted by atomic mass is 10.0. The molecule has 5 rings (SSSR count). The van der Waals surface area contributed by atoms with Crippen molar-refractivity contribution in [1.29, 1.82) is 5.41 Å². The predicted molar refractivity (Wildman–Crippen MR) is 134 cm³/mol. The van der Waals surface area contributed by atoms with Gasteiger partial charge in [0.1, 0.15) is 28.9 Å². The number of aliphatic hydroxyl groups excluding tert-OH is 1. The van der Waals surface area contributed by atoms with Gasteiger partial charge >= 0.3 is 0 Å². The highest BCUT2D eigenvalue weighted by atomic mass is 16.5. The molecule has 7 nitrogen and oxygen atoms in total. The smallest absolute Gasteiger partial charge is 0.145 e. The topological polar surface area (TPSA) is 94.5 Å². The minimum Gasteiger partial charge on any atom is -0.509 e. The third-order valence-electron chi connectivity index (χ3n) is 6.15. The van der Waals surface area contributed by atoms with Gasteiger partial charge in [-0.2, -0.15) is 0 Å². The summed E-state index contributed by atoms with van der Waals surface area (Å²) < 4.78 is 10.9. The van der Waals surface area contributed by atoms with Crippen molar-refractivity contribution in [3.8, 4) is 11.5 Å². The van der Waals surface area contributed by atoms with E-state index in [9.17, 15) is 5.11 Å². The third kappa shape index (κ3) is 3.85. The number of aryl methyl sites for hydroxylation is 1. The Labute approximate surface area is 197 Å². The molecule has 0 aliphatic carbocycles. The first-order valence-electron chi connectivity index (χ1n) is 11.1. The number of nitrogens with one attached hydrogen (secondary N) is 2. The quantitative estimate of drug-likeness (QED) is 0.350. The second-order valence-electron chi connectivity index (χ2n) is 8.19. The van der Waals surface area contributed by atoms with Crippen molar-refractivity contribution in [1.82, 2.24) is 9.97 Å². The Morgan fingerprint density at radius 3 is 2.32 bits per heavy atom. The number of ether oxygens (including phenoxy) is 2. The fourth-order valence-electron chi connectivity index (χ4n) is 4.45. The molecule has 0 saturated heterocycles. The Morgan fingerprint density at radius 1 is 0.971 bits per heavy atom. The van der Waals surface area contributed by atoms with Gasteiger partial charge < -0.3 is 24.5 Å². The molecule has 1 aliphatic rings. The highest BCUT2D eigenvalue weighted by molar-refractivity contribution is 6.31. The first kappa shape index (κ1) is 21.6. The number of benzene rings is 3. The number of hydrogen-bond donors (Lipinski definition) is 3. The fraction of sp³-hybridized carbons (Fsp3) is 0.185. The van der Waals surface area contributed by atoms with Crippen LogP contribution < -0.4 is 14.4 Å². The lowest BCUT2D eigenvalue weighted by Crippen LogP contribution is -2.36. The van der Waals surface area contributed by atoms with E-state index in [-0.39, 0.29) is 11.6 Å². The van der Waals surface area contributed by atoms with E-state index in [0.717, 1.165) is 17.5 Å². The van der Waals surface area contributed by atoms with Crippen LogP contribution in [0.5, 0.6) is 11.5 Å². The standard InChI is InChI=1S/C27H26N4O3/c1-33-19-14-18(15-20(16-19)34-2)31-23(13-12-17-8-4-3-5-9-17)25(32)24(26(31)28)27-29-21-10-6-7-11-22(21)30-27/h3-11,14-16,23,28,32H,12-13H2,1-2H3,(H,29,30). The second-order valence-corrected chi connectivity index (χ2v) is 8.19. The Kier molecular flexibility index (Phi) is 5.67. The van der Waals surface area contributed by atoms with Crippen LogP contribution in [0.1, 0.15) is 17.8 Å². The highest BCUT2D eigenvalue weighted by Crippen LogP contribution is 2.39. The molecule has 1 unspecified atom stereocenters. The van der Waals surface area contributed by atoms with Gasteiger partial charge in [0.15, 0.2) is 0 Å². The molecule has 2 heterocycles. The first-order valence-corrected chi connectivity index (χ1v) is 11.1. The number of fused-ring (bicyclic) bond motifs is 1. The largest absolute Gasteiger partial charge is 0.509 e. The average molecular weight is 455 g/mol. The van der Waals surface area contributed by atoms with Crippen LogP contribution in [-0.4, -0.2) is 41.2 Å². The molecule has 1 aliphatic heterocycles. The Morgan fingerprint density at radius 2 is 1.65 bits per heavy atom. The van der Waals surface area contributed by atoms with Gasteiger partial charge in [-0.15, -0.1) is 0 Å². The summed E-state index contributed by atoms with van der Waals surface area (Å²) in [6.45, 7) is 0. The summed E-state index contributed by atoms with van der Waals surface area (Å²) in [4.78, 5) is 9.74. The van der Waals surface area contributed by atoms with Crippen molar-refractivity contribution >= 4 is 28.1 Å². The van der Waals surface area contributed by atoms with Gasteiger partial charge in [-0.05, 0) is 30.5 Å². The Bertz CT molecular complexity index is 1320. The van der Waals surface area contributed by atoms with Crippen LogP contribution in [0, 0.1) is 5.41 Å². The van der Waals surface area contributed by atoms with Gasteiger partial charge in [0.2, 0.25) is 0 Å². The Hall–Kier alpha value is -4.26. The molecule has 172 valence electrons. The maximum Gasteiger partial charge on any atom is 0.145 e. The van der Waals surface area contributed by atoms with E-state index in [1.807, 2.05) is 59.5 Å². The summed E-state index contributed by atoms with van der Waals surface area (Å²) in [6.07, 6.45) is 1.36. The van der Waals surface area contributed by atoms with Gasteiger partial charge in [0.05, 0.1) is 42.6 Å². The van der Waals surface area contributed by atoms with Gasteiger partial charge in [-0.1, -0.05) is 42.5 Å². The second kappa shape index (κ2) is 8.94. The first-order chi connectivity index (χ1) is 16.6. The van der Waals surface area contributed by atoms with Gasteiger partial charge in [-0.3, -0.25) is 5.41 Å². The lowest BCUT2D eigenvalue weighted by molar-refractivity contribution is 0.368. The van der Waals surface area contributed by atoms with Crippen LogP contribution >= 0.6 is 0 Å². The molecule has 1 aromatic heterocycles. The molecule has 4 aromatic rings. The van der Waals surface area contributed by atoms with E-state index in [4.69, 9.17) is 14.9 Å². The molecule has 3 aromatic carbocycles. The third-order valence-corrected chi connectivity index (χ3v) is 6.15. The molecule has 0 spiro atoms. The summed E-state index contributed by atoms with van der Waals surface area (Å²) >= 11 is 0. The molecule has 0 saturated carbocycles.